The van der Waals surface area contributed by atoms with Crippen LogP contribution >= 0.6 is 0 Å². The van der Waals surface area contributed by atoms with Crippen molar-refractivity contribution in [3.05, 3.63) is 30.3 Å². The lowest BCUT2D eigenvalue weighted by atomic mass is 9.90. The fraction of sp³-hybridized carbons (Fsp3) is 0.650. The zero-order valence-electron chi connectivity index (χ0n) is 16.0. The second-order valence-corrected chi connectivity index (χ2v) is 7.82. The number of β-amino-alcohol motifs (C(OH)–C–C–N with tert-alkyl or cyclic N) is 2. The molecule has 0 bridgehead atoms. The average molecular weight is 378 g/mol. The van der Waals surface area contributed by atoms with Gasteiger partial charge in [-0.25, -0.2) is 0 Å². The van der Waals surface area contributed by atoms with Gasteiger partial charge >= 0.3 is 0 Å². The van der Waals surface area contributed by atoms with E-state index in [2.05, 4.69) is 0 Å². The van der Waals surface area contributed by atoms with Gasteiger partial charge in [0.15, 0.2) is 0 Å². The summed E-state index contributed by atoms with van der Waals surface area (Å²) in [5, 5.41) is 21.9. The molecule has 0 aromatic heterocycles. The van der Waals surface area contributed by atoms with E-state index >= 15 is 0 Å². The number of nitrogens with zero attached hydrogens (tertiary/aromatic N) is 2. The minimum absolute atomic E-state index is 0.0488. The molecule has 2 aliphatic heterocycles. The van der Waals surface area contributed by atoms with Gasteiger partial charge in [-0.2, -0.15) is 0 Å². The van der Waals surface area contributed by atoms with E-state index in [-0.39, 0.29) is 19.1 Å². The third-order valence-corrected chi connectivity index (χ3v) is 5.35. The Morgan fingerprint density at radius 1 is 1.15 bits per heavy atom. The molecule has 1 atom stereocenters. The molecule has 0 radical (unpaired) electrons. The second kappa shape index (κ2) is 8.56. The van der Waals surface area contributed by atoms with Gasteiger partial charge in [0, 0.05) is 39.6 Å². The Morgan fingerprint density at radius 2 is 1.85 bits per heavy atom. The summed E-state index contributed by atoms with van der Waals surface area (Å²) >= 11 is 0. The van der Waals surface area contributed by atoms with Crippen LogP contribution in [-0.4, -0.2) is 89.7 Å². The molecular weight excluding hydrogens is 348 g/mol. The van der Waals surface area contributed by atoms with Crippen molar-refractivity contribution in [1.82, 2.24) is 9.80 Å². The Bertz CT molecular complexity index is 618. The Balaban J connectivity index is 1.56. The van der Waals surface area contributed by atoms with E-state index in [1.54, 1.807) is 11.8 Å². The van der Waals surface area contributed by atoms with E-state index in [1.807, 2.05) is 35.2 Å². The minimum Gasteiger partial charge on any atom is -0.490 e. The van der Waals surface area contributed by atoms with Gasteiger partial charge in [0.1, 0.15) is 18.0 Å². The molecule has 1 amide bonds. The van der Waals surface area contributed by atoms with Crippen molar-refractivity contribution in [3.63, 3.8) is 0 Å². The molecule has 0 spiro atoms. The van der Waals surface area contributed by atoms with Crippen LogP contribution in [0.15, 0.2) is 30.3 Å². The van der Waals surface area contributed by atoms with Crippen LogP contribution in [0, 0.1) is 0 Å². The first kappa shape index (κ1) is 20.1. The molecule has 0 aliphatic carbocycles. The second-order valence-electron chi connectivity index (χ2n) is 7.82. The van der Waals surface area contributed by atoms with Crippen LogP contribution in [0.3, 0.4) is 0 Å². The lowest BCUT2D eigenvalue weighted by molar-refractivity contribution is -0.134. The maximum absolute atomic E-state index is 11.5. The first-order chi connectivity index (χ1) is 12.9. The summed E-state index contributed by atoms with van der Waals surface area (Å²) in [6.45, 7) is 5.00. The van der Waals surface area contributed by atoms with Crippen molar-refractivity contribution in [2.45, 2.75) is 31.0 Å². The van der Waals surface area contributed by atoms with E-state index in [4.69, 9.17) is 9.47 Å². The van der Waals surface area contributed by atoms with E-state index in [1.165, 1.54) is 0 Å². The minimum atomic E-state index is -1.14. The predicted octanol–water partition coefficient (Wildman–Crippen LogP) is 0.502. The first-order valence-electron chi connectivity index (χ1n) is 9.56. The number of piperidine rings is 1. The van der Waals surface area contributed by atoms with Crippen molar-refractivity contribution in [2.24, 2.45) is 0 Å². The van der Waals surface area contributed by atoms with Crippen molar-refractivity contribution >= 4 is 5.91 Å². The number of para-hydroxylation sites is 1. The van der Waals surface area contributed by atoms with Crippen LogP contribution in [0.2, 0.25) is 0 Å². The lowest BCUT2D eigenvalue weighted by Gasteiger charge is -2.41. The van der Waals surface area contributed by atoms with Gasteiger partial charge in [0.25, 0.3) is 0 Å². The molecule has 7 heteroatoms. The molecule has 0 unspecified atom stereocenters. The maximum atomic E-state index is 11.5. The number of benzene rings is 1. The van der Waals surface area contributed by atoms with Crippen LogP contribution in [0.25, 0.3) is 0 Å². The van der Waals surface area contributed by atoms with Gasteiger partial charge < -0.3 is 24.6 Å². The van der Waals surface area contributed by atoms with Crippen molar-refractivity contribution in [2.75, 3.05) is 52.5 Å². The maximum Gasteiger partial charge on any atom is 0.219 e. The molecule has 0 saturated carbocycles. The third-order valence-electron chi connectivity index (χ3n) is 5.35. The number of carbonyl (C=O) groups is 1. The Hall–Kier alpha value is -1.67. The fourth-order valence-electron chi connectivity index (χ4n) is 3.77. The summed E-state index contributed by atoms with van der Waals surface area (Å²) in [5.74, 6) is 0.754. The molecule has 1 aromatic carbocycles. The monoisotopic (exact) mass is 378 g/mol. The van der Waals surface area contributed by atoms with E-state index in [9.17, 15) is 15.0 Å². The number of amides is 1. The highest BCUT2D eigenvalue weighted by Crippen LogP contribution is 2.25. The summed E-state index contributed by atoms with van der Waals surface area (Å²) in [6, 6.07) is 9.39. The van der Waals surface area contributed by atoms with E-state index in [0.29, 0.717) is 57.9 Å². The highest BCUT2D eigenvalue weighted by molar-refractivity contribution is 5.73. The smallest absolute Gasteiger partial charge is 0.219 e. The number of likely N-dealkylation sites (tertiary alicyclic amines) is 1. The number of ether oxygens (including phenoxy) is 2. The molecule has 2 N–H and O–H groups in total. The van der Waals surface area contributed by atoms with Gasteiger partial charge in [-0.3, -0.25) is 9.69 Å². The number of rotatable bonds is 5. The van der Waals surface area contributed by atoms with Crippen LogP contribution in [-0.2, 0) is 9.53 Å². The normalized spacial score (nSPS) is 26.4. The molecule has 7 nitrogen and oxygen atoms in total. The fourth-order valence-corrected chi connectivity index (χ4v) is 3.77. The van der Waals surface area contributed by atoms with Gasteiger partial charge in [-0.15, -0.1) is 0 Å². The zero-order valence-corrected chi connectivity index (χ0v) is 16.0. The van der Waals surface area contributed by atoms with Crippen molar-refractivity contribution in [1.29, 1.82) is 0 Å². The third kappa shape index (κ3) is 5.65. The van der Waals surface area contributed by atoms with Crippen LogP contribution < -0.4 is 4.74 Å². The summed E-state index contributed by atoms with van der Waals surface area (Å²) in [6.07, 6.45) is 1.09. The highest BCUT2D eigenvalue weighted by atomic mass is 16.5. The van der Waals surface area contributed by atoms with Gasteiger partial charge in [0.2, 0.25) is 5.91 Å². The summed E-state index contributed by atoms with van der Waals surface area (Å²) < 4.78 is 11.3. The zero-order chi connectivity index (χ0) is 19.3. The molecular formula is C20H30N2O5. The number of carbonyl (C=O) groups excluding carboxylic acids is 1. The molecule has 3 rings (SSSR count). The molecule has 27 heavy (non-hydrogen) atoms. The number of hydrogen-bond donors (Lipinski definition) is 2. The Kier molecular flexibility index (Phi) is 6.37. The summed E-state index contributed by atoms with van der Waals surface area (Å²) in [5.41, 5.74) is -1.99. The van der Waals surface area contributed by atoms with Gasteiger partial charge in [-0.1, -0.05) is 18.2 Å². The highest BCUT2D eigenvalue weighted by Gasteiger charge is 2.39. The average Bonchev–Trinajstić information content (AvgIpc) is 2.82. The lowest BCUT2D eigenvalue weighted by Crippen LogP contribution is -2.55. The van der Waals surface area contributed by atoms with E-state index in [0.717, 1.165) is 0 Å². The molecule has 2 heterocycles. The Morgan fingerprint density at radius 3 is 2.52 bits per heavy atom. The molecule has 2 fully saturated rings. The quantitative estimate of drug-likeness (QED) is 0.777. The van der Waals surface area contributed by atoms with Crippen LogP contribution in [0.4, 0.5) is 0 Å². The van der Waals surface area contributed by atoms with Crippen molar-refractivity contribution < 1.29 is 24.5 Å². The predicted molar refractivity (Wildman–Crippen MR) is 101 cm³/mol. The molecule has 2 saturated heterocycles. The van der Waals surface area contributed by atoms with E-state index < -0.39 is 11.2 Å². The largest absolute Gasteiger partial charge is 0.490 e. The van der Waals surface area contributed by atoms with Gasteiger partial charge in [0.05, 0.1) is 18.8 Å². The topological polar surface area (TPSA) is 82.5 Å². The summed E-state index contributed by atoms with van der Waals surface area (Å²) in [4.78, 5) is 15.3. The summed E-state index contributed by atoms with van der Waals surface area (Å²) in [7, 11) is 0. The number of aliphatic hydroxyl groups is 2. The first-order valence-corrected chi connectivity index (χ1v) is 9.56. The molecule has 1 aromatic rings. The Labute approximate surface area is 160 Å². The molecule has 150 valence electrons. The van der Waals surface area contributed by atoms with Gasteiger partial charge in [-0.05, 0) is 25.0 Å². The molecule has 2 aliphatic rings. The van der Waals surface area contributed by atoms with Crippen LogP contribution in [0.5, 0.6) is 5.75 Å². The number of hydrogen-bond acceptors (Lipinski definition) is 6. The van der Waals surface area contributed by atoms with Crippen molar-refractivity contribution in [3.8, 4) is 5.75 Å². The van der Waals surface area contributed by atoms with Crippen LogP contribution in [0.1, 0.15) is 19.8 Å². The standard InChI is InChI=1S/C20H30N2O5/c1-17(23)22-9-7-19(24,8-10-22)13-21-11-12-26-15-20(25,14-21)16-27-18-5-3-2-4-6-18/h2-6,24-25H,7-16H2,1H3/t20-/m1/s1. The SMILES string of the molecule is CC(=O)N1CCC(O)(CN2CCOC[C@@](O)(COc3ccccc3)C2)CC1.